The van der Waals surface area contributed by atoms with Crippen molar-refractivity contribution in [3.8, 4) is 17.2 Å². The lowest BCUT2D eigenvalue weighted by molar-refractivity contribution is 0.437. The van der Waals surface area contributed by atoms with Gasteiger partial charge in [0.1, 0.15) is 5.82 Å². The van der Waals surface area contributed by atoms with E-state index in [9.17, 15) is 4.79 Å². The molecule has 0 bridgehead atoms. The Labute approximate surface area is 222 Å². The average Bonchev–Trinajstić information content (AvgIpc) is 3.68. The van der Waals surface area contributed by atoms with Crippen molar-refractivity contribution in [3.63, 3.8) is 0 Å². The third-order valence-corrected chi connectivity index (χ3v) is 7.31. The Morgan fingerprint density at radius 2 is 2.08 bits per heavy atom. The highest BCUT2D eigenvalue weighted by Crippen LogP contribution is 2.35. The lowest BCUT2D eigenvalue weighted by atomic mass is 9.76. The Bertz CT molecular complexity index is 1500. The molecule has 10 nitrogen and oxygen atoms in total. The first-order chi connectivity index (χ1) is 18.5. The number of aromatic amines is 1. The highest BCUT2D eigenvalue weighted by molar-refractivity contribution is 5.65. The van der Waals surface area contributed by atoms with Crippen LogP contribution < -0.4 is 5.69 Å². The van der Waals surface area contributed by atoms with Crippen molar-refractivity contribution in [2.24, 2.45) is 4.99 Å². The maximum Gasteiger partial charge on any atom is 0.334 e. The Balaban J connectivity index is 1.64. The molecule has 0 amide bonds. The zero-order chi connectivity index (χ0) is 26.7. The van der Waals surface area contributed by atoms with E-state index < -0.39 is 5.41 Å². The Morgan fingerprint density at radius 3 is 2.76 bits per heavy atom. The predicted molar refractivity (Wildman–Crippen MR) is 148 cm³/mol. The number of rotatable bonds is 10. The van der Waals surface area contributed by atoms with Crippen LogP contribution in [0.1, 0.15) is 69.8 Å². The fraction of sp³-hybridized carbons (Fsp3) is 0.429. The highest BCUT2D eigenvalue weighted by atomic mass is 16.1. The second-order valence-electron chi connectivity index (χ2n) is 10.2. The first-order valence-electron chi connectivity index (χ1n) is 13.4. The minimum atomic E-state index is -0.454. The molecule has 1 aliphatic heterocycles. The summed E-state index contributed by atoms with van der Waals surface area (Å²) in [6.07, 6.45) is 14.1. The molecule has 0 radical (unpaired) electrons. The SMILES string of the molecule is CCCCc1cn(-c2c(CC)cnn2C(C)C)c(=O)n1CC1(c2cccc(-c3nn[nH]n3)c2)C=CN=CC1. The minimum absolute atomic E-state index is 0.0437. The van der Waals surface area contributed by atoms with Gasteiger partial charge < -0.3 is 0 Å². The Kier molecular flexibility index (Phi) is 7.22. The Morgan fingerprint density at radius 1 is 1.21 bits per heavy atom. The predicted octanol–water partition coefficient (Wildman–Crippen LogP) is 4.43. The standard InChI is InChI=1S/C28H35N9O/c1-5-7-11-24-18-35(26-21(6-2)17-30-37(26)20(3)4)27(38)36(24)19-28(12-14-29-15-13-28)23-10-8-9-22(16-23)25-31-33-34-32-25/h8-10,12,14-18,20H,5-7,11,13,19H2,1-4H3,(H,31,32,33,34). The number of aryl methyl sites for hydroxylation is 2. The lowest BCUT2D eigenvalue weighted by Gasteiger charge is -2.32. The van der Waals surface area contributed by atoms with Crippen molar-refractivity contribution in [2.75, 3.05) is 0 Å². The number of benzene rings is 1. The van der Waals surface area contributed by atoms with Gasteiger partial charge in [-0.3, -0.25) is 14.1 Å². The summed E-state index contributed by atoms with van der Waals surface area (Å²) < 4.78 is 5.71. The van der Waals surface area contributed by atoms with Crippen molar-refractivity contribution in [1.82, 2.24) is 39.5 Å². The number of nitrogens with zero attached hydrogens (tertiary/aromatic N) is 8. The molecule has 4 aromatic rings. The second-order valence-corrected chi connectivity index (χ2v) is 10.2. The van der Waals surface area contributed by atoms with Gasteiger partial charge in [-0.25, -0.2) is 9.48 Å². The maximum atomic E-state index is 14.2. The van der Waals surface area contributed by atoms with E-state index in [0.717, 1.165) is 53.9 Å². The Hall–Kier alpha value is -4.08. The van der Waals surface area contributed by atoms with Gasteiger partial charge in [-0.2, -0.15) is 10.3 Å². The number of allylic oxidation sites excluding steroid dienone is 1. The molecule has 0 fully saturated rings. The van der Waals surface area contributed by atoms with Gasteiger partial charge >= 0.3 is 5.69 Å². The molecule has 0 spiro atoms. The van der Waals surface area contributed by atoms with E-state index in [0.29, 0.717) is 18.8 Å². The summed E-state index contributed by atoms with van der Waals surface area (Å²) in [5, 5.41) is 19.2. The van der Waals surface area contributed by atoms with Crippen LogP contribution in [-0.2, 0) is 24.8 Å². The number of aromatic nitrogens is 8. The van der Waals surface area contributed by atoms with E-state index in [-0.39, 0.29) is 11.7 Å². The van der Waals surface area contributed by atoms with Crippen LogP contribution in [0.15, 0.2) is 58.7 Å². The monoisotopic (exact) mass is 513 g/mol. The van der Waals surface area contributed by atoms with Crippen LogP contribution in [0.3, 0.4) is 0 Å². The summed E-state index contributed by atoms with van der Waals surface area (Å²) in [6, 6.07) is 8.30. The number of nitrogens with one attached hydrogen (secondary N) is 1. The van der Waals surface area contributed by atoms with E-state index in [2.05, 4.69) is 76.6 Å². The summed E-state index contributed by atoms with van der Waals surface area (Å²) in [5.41, 5.74) is 3.54. The molecule has 38 heavy (non-hydrogen) atoms. The summed E-state index contributed by atoms with van der Waals surface area (Å²) in [6.45, 7) is 8.95. The molecule has 4 heterocycles. The van der Waals surface area contributed by atoms with Crippen LogP contribution in [-0.4, -0.2) is 45.8 Å². The lowest BCUT2D eigenvalue weighted by Crippen LogP contribution is -2.37. The van der Waals surface area contributed by atoms with Crippen LogP contribution in [0, 0.1) is 0 Å². The van der Waals surface area contributed by atoms with Crippen molar-refractivity contribution in [2.45, 2.75) is 77.8 Å². The topological polar surface area (TPSA) is 112 Å². The summed E-state index contributed by atoms with van der Waals surface area (Å²) in [7, 11) is 0. The third kappa shape index (κ3) is 4.66. The molecule has 10 heteroatoms. The molecule has 0 aliphatic carbocycles. The molecule has 1 aromatic carbocycles. The molecular weight excluding hydrogens is 478 g/mol. The summed E-state index contributed by atoms with van der Waals surface area (Å²) >= 11 is 0. The molecule has 3 aromatic heterocycles. The number of H-pyrrole nitrogens is 1. The molecule has 1 aliphatic rings. The van der Waals surface area contributed by atoms with E-state index >= 15 is 0 Å². The number of aliphatic imine (C=N–C) groups is 1. The molecular formula is C28H35N9O. The zero-order valence-corrected chi connectivity index (χ0v) is 22.5. The quantitative estimate of drug-likeness (QED) is 0.337. The number of tetrazole rings is 1. The van der Waals surface area contributed by atoms with Crippen molar-refractivity contribution in [3.05, 3.63) is 76.2 Å². The van der Waals surface area contributed by atoms with Gasteiger partial charge in [0.2, 0.25) is 5.82 Å². The van der Waals surface area contributed by atoms with Gasteiger partial charge in [-0.05, 0) is 56.4 Å². The number of unbranched alkanes of at least 4 members (excludes halogenated alkanes) is 1. The third-order valence-electron chi connectivity index (χ3n) is 7.31. The number of hydrogen-bond donors (Lipinski definition) is 1. The first-order valence-corrected chi connectivity index (χ1v) is 13.4. The van der Waals surface area contributed by atoms with Crippen molar-refractivity contribution < 1.29 is 0 Å². The van der Waals surface area contributed by atoms with Gasteiger partial charge in [0.25, 0.3) is 0 Å². The maximum absolute atomic E-state index is 14.2. The van der Waals surface area contributed by atoms with Crippen LogP contribution in [0.25, 0.3) is 17.2 Å². The van der Waals surface area contributed by atoms with Crippen molar-refractivity contribution in [1.29, 1.82) is 0 Å². The average molecular weight is 514 g/mol. The fourth-order valence-electron chi connectivity index (χ4n) is 5.18. The first kappa shape index (κ1) is 25.6. The van der Waals surface area contributed by atoms with Crippen LogP contribution in [0.5, 0.6) is 0 Å². The van der Waals surface area contributed by atoms with E-state index in [1.165, 1.54) is 0 Å². The highest BCUT2D eigenvalue weighted by Gasteiger charge is 2.33. The second kappa shape index (κ2) is 10.7. The van der Waals surface area contributed by atoms with Gasteiger partial charge in [-0.15, -0.1) is 10.2 Å². The number of imidazole rings is 1. The molecule has 1 N–H and O–H groups in total. The van der Waals surface area contributed by atoms with Crippen LogP contribution in [0.4, 0.5) is 0 Å². The minimum Gasteiger partial charge on any atom is -0.295 e. The normalized spacial score (nSPS) is 17.1. The summed E-state index contributed by atoms with van der Waals surface area (Å²) in [4.78, 5) is 18.5. The van der Waals surface area contributed by atoms with E-state index in [1.807, 2.05) is 46.2 Å². The smallest absolute Gasteiger partial charge is 0.295 e. The van der Waals surface area contributed by atoms with Crippen molar-refractivity contribution >= 4 is 6.21 Å². The largest absolute Gasteiger partial charge is 0.334 e. The van der Waals surface area contributed by atoms with E-state index in [4.69, 9.17) is 0 Å². The molecule has 1 unspecified atom stereocenters. The van der Waals surface area contributed by atoms with Crippen LogP contribution in [0.2, 0.25) is 0 Å². The van der Waals surface area contributed by atoms with Gasteiger partial charge in [0, 0.05) is 53.4 Å². The molecule has 5 rings (SSSR count). The van der Waals surface area contributed by atoms with Gasteiger partial charge in [-0.1, -0.05) is 44.5 Å². The summed E-state index contributed by atoms with van der Waals surface area (Å²) in [5.74, 6) is 1.40. The van der Waals surface area contributed by atoms with Gasteiger partial charge in [0.05, 0.1) is 6.20 Å². The fourth-order valence-corrected chi connectivity index (χ4v) is 5.18. The molecule has 1 atom stereocenters. The molecule has 0 saturated carbocycles. The number of hydrogen-bond acceptors (Lipinski definition) is 6. The van der Waals surface area contributed by atoms with E-state index in [1.54, 1.807) is 4.57 Å². The van der Waals surface area contributed by atoms with Gasteiger partial charge in [0.15, 0.2) is 0 Å². The molecule has 198 valence electrons. The molecule has 0 saturated heterocycles. The van der Waals surface area contributed by atoms with Crippen LogP contribution >= 0.6 is 0 Å². The zero-order valence-electron chi connectivity index (χ0n) is 22.5.